The number of nitrogens with two attached hydrogens (primary N) is 2. The van der Waals surface area contributed by atoms with Crippen LogP contribution in [0.3, 0.4) is 0 Å². The molecule has 0 amide bonds. The normalized spacial score (nSPS) is 12.8. The van der Waals surface area contributed by atoms with E-state index >= 15 is 0 Å². The van der Waals surface area contributed by atoms with Gasteiger partial charge in [0, 0.05) is 5.56 Å². The highest BCUT2D eigenvalue weighted by Crippen LogP contribution is 2.28. The summed E-state index contributed by atoms with van der Waals surface area (Å²) in [7, 11) is 0. The van der Waals surface area contributed by atoms with Gasteiger partial charge in [0.25, 0.3) is 0 Å². The molecule has 3 nitrogen and oxygen atoms in total. The number of rotatable bonds is 3. The molecular formula is C10H15N2O. The third-order valence-corrected chi connectivity index (χ3v) is 2.07. The minimum absolute atomic E-state index is 0.441. The van der Waals surface area contributed by atoms with Crippen LogP contribution in [0.2, 0.25) is 0 Å². The van der Waals surface area contributed by atoms with Crippen molar-refractivity contribution in [2.45, 2.75) is 25.9 Å². The maximum absolute atomic E-state index is 11.6. The molecule has 1 radical (unpaired) electrons. The highest BCUT2D eigenvalue weighted by Gasteiger charge is 2.12. The van der Waals surface area contributed by atoms with Gasteiger partial charge in [0.2, 0.25) is 0 Å². The van der Waals surface area contributed by atoms with Gasteiger partial charge in [-0.2, -0.15) is 0 Å². The predicted molar refractivity (Wildman–Crippen MR) is 53.6 cm³/mol. The average molecular weight is 179 g/mol. The van der Waals surface area contributed by atoms with Crippen LogP contribution in [0.5, 0.6) is 0 Å². The SMILES string of the molecule is CCCC([O])c1cccc(N)c1N. The lowest BCUT2D eigenvalue weighted by atomic mass is 10.0. The van der Waals surface area contributed by atoms with Crippen LogP contribution < -0.4 is 11.5 Å². The van der Waals surface area contributed by atoms with E-state index in [-0.39, 0.29) is 0 Å². The quantitative estimate of drug-likeness (QED) is 0.697. The molecular weight excluding hydrogens is 164 g/mol. The van der Waals surface area contributed by atoms with Crippen LogP contribution in [0.15, 0.2) is 18.2 Å². The van der Waals surface area contributed by atoms with E-state index in [0.717, 1.165) is 6.42 Å². The van der Waals surface area contributed by atoms with Crippen molar-refractivity contribution in [2.24, 2.45) is 0 Å². The summed E-state index contributed by atoms with van der Waals surface area (Å²) in [6, 6.07) is 5.22. The summed E-state index contributed by atoms with van der Waals surface area (Å²) in [5, 5.41) is 11.6. The fourth-order valence-corrected chi connectivity index (χ4v) is 1.30. The number of benzene rings is 1. The molecule has 13 heavy (non-hydrogen) atoms. The second kappa shape index (κ2) is 4.14. The first-order chi connectivity index (χ1) is 6.16. The molecule has 0 heterocycles. The van der Waals surface area contributed by atoms with E-state index in [9.17, 15) is 5.11 Å². The lowest BCUT2D eigenvalue weighted by Gasteiger charge is -2.11. The second-order valence-corrected chi connectivity index (χ2v) is 3.13. The van der Waals surface area contributed by atoms with Gasteiger partial charge in [-0.25, -0.2) is 5.11 Å². The van der Waals surface area contributed by atoms with Crippen LogP contribution in [0.25, 0.3) is 0 Å². The third kappa shape index (κ3) is 2.12. The standard InChI is InChI=1S/C10H15N2O/c1-2-4-9(13)7-5-3-6-8(11)10(7)12/h3,5-6,9H,2,4,11-12H2,1H3. The van der Waals surface area contributed by atoms with E-state index in [0.29, 0.717) is 23.4 Å². The van der Waals surface area contributed by atoms with Gasteiger partial charge < -0.3 is 11.5 Å². The summed E-state index contributed by atoms with van der Waals surface area (Å²) in [5.41, 5.74) is 12.8. The molecule has 0 aliphatic rings. The molecule has 1 aromatic carbocycles. The first-order valence-electron chi connectivity index (χ1n) is 4.46. The van der Waals surface area contributed by atoms with Gasteiger partial charge >= 0.3 is 0 Å². The van der Waals surface area contributed by atoms with Gasteiger partial charge in [-0.05, 0) is 12.5 Å². The van der Waals surface area contributed by atoms with Crippen molar-refractivity contribution < 1.29 is 5.11 Å². The van der Waals surface area contributed by atoms with Gasteiger partial charge in [0.1, 0.15) is 6.10 Å². The molecule has 0 bridgehead atoms. The van der Waals surface area contributed by atoms with E-state index < -0.39 is 6.10 Å². The Hall–Kier alpha value is -1.22. The highest BCUT2D eigenvalue weighted by atomic mass is 16.3. The first-order valence-corrected chi connectivity index (χ1v) is 4.46. The van der Waals surface area contributed by atoms with E-state index in [4.69, 9.17) is 11.5 Å². The molecule has 0 saturated heterocycles. The molecule has 1 rings (SSSR count). The Kier molecular flexibility index (Phi) is 3.14. The van der Waals surface area contributed by atoms with Gasteiger partial charge in [-0.1, -0.05) is 25.5 Å². The Morgan fingerprint density at radius 3 is 2.69 bits per heavy atom. The number of hydrogen-bond donors (Lipinski definition) is 2. The van der Waals surface area contributed by atoms with E-state index in [1.54, 1.807) is 18.2 Å². The smallest absolute Gasteiger partial charge is 0.120 e. The van der Waals surface area contributed by atoms with Crippen LogP contribution in [0.1, 0.15) is 31.4 Å². The maximum atomic E-state index is 11.6. The largest absolute Gasteiger partial charge is 0.397 e. The summed E-state index contributed by atoms with van der Waals surface area (Å²) in [5.74, 6) is 0. The lowest BCUT2D eigenvalue weighted by Crippen LogP contribution is -2.03. The Labute approximate surface area is 78.4 Å². The van der Waals surface area contributed by atoms with Crippen LogP contribution in [-0.4, -0.2) is 0 Å². The Morgan fingerprint density at radius 2 is 2.08 bits per heavy atom. The number of anilines is 2. The fraction of sp³-hybridized carbons (Fsp3) is 0.400. The van der Waals surface area contributed by atoms with Crippen molar-refractivity contribution in [1.82, 2.24) is 0 Å². The predicted octanol–water partition coefficient (Wildman–Crippen LogP) is 2.12. The summed E-state index contributed by atoms with van der Waals surface area (Å²) in [4.78, 5) is 0. The summed E-state index contributed by atoms with van der Waals surface area (Å²) in [6.07, 6.45) is 0.726. The highest BCUT2D eigenvalue weighted by molar-refractivity contribution is 5.67. The zero-order valence-electron chi connectivity index (χ0n) is 7.79. The van der Waals surface area contributed by atoms with Crippen molar-refractivity contribution in [3.8, 4) is 0 Å². The van der Waals surface area contributed by atoms with Crippen molar-refractivity contribution in [3.05, 3.63) is 23.8 Å². The zero-order valence-corrected chi connectivity index (χ0v) is 7.79. The minimum Gasteiger partial charge on any atom is -0.397 e. The molecule has 0 aliphatic heterocycles. The van der Waals surface area contributed by atoms with Gasteiger partial charge in [0.05, 0.1) is 11.4 Å². The second-order valence-electron chi connectivity index (χ2n) is 3.13. The molecule has 0 aliphatic carbocycles. The molecule has 1 unspecified atom stereocenters. The zero-order chi connectivity index (χ0) is 9.84. The number of para-hydroxylation sites is 1. The van der Waals surface area contributed by atoms with Gasteiger partial charge in [-0.3, -0.25) is 0 Å². The van der Waals surface area contributed by atoms with Crippen molar-refractivity contribution in [3.63, 3.8) is 0 Å². The molecule has 0 fully saturated rings. The van der Waals surface area contributed by atoms with E-state index in [1.807, 2.05) is 6.92 Å². The molecule has 3 heteroatoms. The summed E-state index contributed by atoms with van der Waals surface area (Å²) in [6.45, 7) is 1.98. The topological polar surface area (TPSA) is 71.9 Å². The molecule has 4 N–H and O–H groups in total. The average Bonchev–Trinajstić information content (AvgIpc) is 2.10. The molecule has 71 valence electrons. The van der Waals surface area contributed by atoms with Crippen molar-refractivity contribution in [2.75, 3.05) is 11.5 Å². The Bertz CT molecular complexity index is 286. The Morgan fingerprint density at radius 1 is 1.38 bits per heavy atom. The number of hydrogen-bond acceptors (Lipinski definition) is 2. The molecule has 0 saturated carbocycles. The minimum atomic E-state index is -0.742. The van der Waals surface area contributed by atoms with Crippen LogP contribution in [0.4, 0.5) is 11.4 Å². The maximum Gasteiger partial charge on any atom is 0.120 e. The van der Waals surface area contributed by atoms with E-state index in [2.05, 4.69) is 0 Å². The molecule has 0 spiro atoms. The molecule has 1 aromatic rings. The van der Waals surface area contributed by atoms with E-state index in [1.165, 1.54) is 0 Å². The van der Waals surface area contributed by atoms with Crippen molar-refractivity contribution >= 4 is 11.4 Å². The van der Waals surface area contributed by atoms with Crippen LogP contribution >= 0.6 is 0 Å². The third-order valence-electron chi connectivity index (χ3n) is 2.07. The summed E-state index contributed by atoms with van der Waals surface area (Å²) >= 11 is 0. The van der Waals surface area contributed by atoms with Crippen molar-refractivity contribution in [1.29, 1.82) is 0 Å². The van der Waals surface area contributed by atoms with Gasteiger partial charge in [-0.15, -0.1) is 0 Å². The van der Waals surface area contributed by atoms with Gasteiger partial charge in [0.15, 0.2) is 0 Å². The Balaban J connectivity index is 2.93. The first kappa shape index (κ1) is 9.86. The lowest BCUT2D eigenvalue weighted by molar-refractivity contribution is 0.0812. The van der Waals surface area contributed by atoms with Crippen LogP contribution in [0, 0.1) is 0 Å². The molecule has 0 aromatic heterocycles. The summed E-state index contributed by atoms with van der Waals surface area (Å²) < 4.78 is 0. The fourth-order valence-electron chi connectivity index (χ4n) is 1.30. The molecule has 1 atom stereocenters. The monoisotopic (exact) mass is 179 g/mol. The van der Waals surface area contributed by atoms with Crippen LogP contribution in [-0.2, 0) is 5.11 Å². The number of nitrogen functional groups attached to an aromatic ring is 2.